The second kappa shape index (κ2) is 9.29. The van der Waals surface area contributed by atoms with Crippen molar-refractivity contribution in [1.29, 1.82) is 0 Å². The second-order valence-electron chi connectivity index (χ2n) is 9.22. The van der Waals surface area contributed by atoms with Crippen LogP contribution in [0.25, 0.3) is 0 Å². The molecule has 0 radical (unpaired) electrons. The van der Waals surface area contributed by atoms with Crippen LogP contribution in [0.3, 0.4) is 0 Å². The van der Waals surface area contributed by atoms with Crippen molar-refractivity contribution in [2.45, 2.75) is 50.7 Å². The van der Waals surface area contributed by atoms with Gasteiger partial charge in [-0.25, -0.2) is 4.79 Å². The van der Waals surface area contributed by atoms with Crippen molar-refractivity contribution in [3.63, 3.8) is 0 Å². The van der Waals surface area contributed by atoms with Crippen LogP contribution < -0.4 is 10.6 Å². The number of hydrogen-bond donors (Lipinski definition) is 2. The van der Waals surface area contributed by atoms with E-state index < -0.39 is 11.9 Å². The van der Waals surface area contributed by atoms with Crippen molar-refractivity contribution >= 4 is 23.8 Å². The van der Waals surface area contributed by atoms with Crippen LogP contribution in [0, 0.1) is 0 Å². The largest absolute Gasteiger partial charge is 0.334 e. The summed E-state index contributed by atoms with van der Waals surface area (Å²) in [6, 6.07) is 15.2. The van der Waals surface area contributed by atoms with Crippen LogP contribution in [0.4, 0.5) is 4.79 Å². The van der Waals surface area contributed by atoms with Crippen LogP contribution in [0.1, 0.15) is 58.6 Å². The summed E-state index contributed by atoms with van der Waals surface area (Å²) in [7, 11) is 0. The molecule has 0 bridgehead atoms. The Bertz CT molecular complexity index is 1120. The van der Waals surface area contributed by atoms with E-state index >= 15 is 0 Å². The van der Waals surface area contributed by atoms with E-state index in [4.69, 9.17) is 0 Å². The first-order chi connectivity index (χ1) is 16.5. The van der Waals surface area contributed by atoms with Gasteiger partial charge in [0.1, 0.15) is 6.04 Å². The number of fused-ring (bicyclic) bond motifs is 1. The number of rotatable bonds is 4. The summed E-state index contributed by atoms with van der Waals surface area (Å²) < 4.78 is 0. The van der Waals surface area contributed by atoms with E-state index in [0.29, 0.717) is 44.1 Å². The molecule has 5 amide bonds. The van der Waals surface area contributed by atoms with Gasteiger partial charge in [0.15, 0.2) is 0 Å². The maximum atomic E-state index is 12.9. The van der Waals surface area contributed by atoms with Crippen LogP contribution in [-0.4, -0.2) is 52.7 Å². The molecule has 1 atom stereocenters. The summed E-state index contributed by atoms with van der Waals surface area (Å²) in [5, 5.41) is 5.33. The van der Waals surface area contributed by atoms with Crippen molar-refractivity contribution in [2.75, 3.05) is 13.1 Å². The maximum absolute atomic E-state index is 12.9. The maximum Gasteiger partial charge on any atom is 0.317 e. The van der Waals surface area contributed by atoms with Gasteiger partial charge in [-0.05, 0) is 47.9 Å². The molecule has 1 unspecified atom stereocenters. The fraction of sp³-hybridized carbons (Fsp3) is 0.385. The Morgan fingerprint density at radius 2 is 1.76 bits per heavy atom. The third-order valence-corrected chi connectivity index (χ3v) is 7.09. The van der Waals surface area contributed by atoms with Crippen molar-refractivity contribution in [1.82, 2.24) is 20.4 Å². The molecule has 2 saturated heterocycles. The molecule has 2 fully saturated rings. The van der Waals surface area contributed by atoms with E-state index in [0.717, 1.165) is 24.0 Å². The molecule has 3 aliphatic heterocycles. The van der Waals surface area contributed by atoms with Crippen molar-refractivity contribution in [3.8, 4) is 0 Å². The average Bonchev–Trinajstić information content (AvgIpc) is 3.18. The number of carbonyl (C=O) groups is 4. The van der Waals surface area contributed by atoms with Gasteiger partial charge in [0.2, 0.25) is 11.8 Å². The van der Waals surface area contributed by atoms with E-state index in [-0.39, 0.29) is 24.3 Å². The fourth-order valence-electron chi connectivity index (χ4n) is 5.15. The zero-order valence-corrected chi connectivity index (χ0v) is 19.0. The Balaban J connectivity index is 1.18. The molecule has 2 aromatic carbocycles. The van der Waals surface area contributed by atoms with Gasteiger partial charge in [0.05, 0.1) is 0 Å². The SMILES string of the molecule is O=C1CCC(N2Cc3cc(C4CCN(C(=O)NCc5ccccc5)CC4)ccc3C2=O)C(=O)N1. The van der Waals surface area contributed by atoms with Crippen molar-refractivity contribution in [2.24, 2.45) is 0 Å². The molecule has 3 heterocycles. The van der Waals surface area contributed by atoms with Gasteiger partial charge in [0.25, 0.3) is 5.91 Å². The van der Waals surface area contributed by atoms with Crippen LogP contribution in [0.5, 0.6) is 0 Å². The molecule has 176 valence electrons. The minimum absolute atomic E-state index is 0.0401. The quantitative estimate of drug-likeness (QED) is 0.685. The third kappa shape index (κ3) is 4.40. The number of urea groups is 1. The van der Waals surface area contributed by atoms with Crippen LogP contribution >= 0.6 is 0 Å². The number of nitrogens with zero attached hydrogens (tertiary/aromatic N) is 2. The molecule has 0 saturated carbocycles. The molecule has 0 aliphatic carbocycles. The number of hydrogen-bond acceptors (Lipinski definition) is 4. The van der Waals surface area contributed by atoms with Crippen molar-refractivity contribution in [3.05, 3.63) is 70.8 Å². The Morgan fingerprint density at radius 3 is 2.50 bits per heavy atom. The minimum atomic E-state index is -0.598. The smallest absolute Gasteiger partial charge is 0.317 e. The number of amides is 5. The van der Waals surface area contributed by atoms with E-state index in [9.17, 15) is 19.2 Å². The minimum Gasteiger partial charge on any atom is -0.334 e. The van der Waals surface area contributed by atoms with Gasteiger partial charge < -0.3 is 15.1 Å². The molecule has 0 spiro atoms. The lowest BCUT2D eigenvalue weighted by atomic mass is 9.88. The number of benzene rings is 2. The normalized spacial score (nSPS) is 20.8. The first kappa shape index (κ1) is 22.1. The Kier molecular flexibility index (Phi) is 6.04. The second-order valence-corrected chi connectivity index (χ2v) is 9.22. The van der Waals surface area contributed by atoms with E-state index in [1.165, 1.54) is 5.56 Å². The summed E-state index contributed by atoms with van der Waals surface area (Å²) in [6.45, 7) is 2.27. The summed E-state index contributed by atoms with van der Waals surface area (Å²) in [6.07, 6.45) is 2.34. The molecule has 2 N–H and O–H groups in total. The lowest BCUT2D eigenvalue weighted by molar-refractivity contribution is -0.136. The average molecular weight is 461 g/mol. The number of nitrogens with one attached hydrogen (secondary N) is 2. The van der Waals surface area contributed by atoms with Gasteiger partial charge >= 0.3 is 6.03 Å². The lowest BCUT2D eigenvalue weighted by Crippen LogP contribution is -2.52. The molecule has 8 nitrogen and oxygen atoms in total. The zero-order valence-electron chi connectivity index (χ0n) is 19.0. The summed E-state index contributed by atoms with van der Waals surface area (Å²) in [5.41, 5.74) is 3.80. The van der Waals surface area contributed by atoms with Gasteiger partial charge in [0, 0.05) is 38.2 Å². The Morgan fingerprint density at radius 1 is 1.00 bits per heavy atom. The number of piperidine rings is 2. The van der Waals surface area contributed by atoms with Crippen molar-refractivity contribution < 1.29 is 19.2 Å². The number of imide groups is 1. The van der Waals surface area contributed by atoms with E-state index in [1.807, 2.05) is 47.4 Å². The van der Waals surface area contributed by atoms with Crippen LogP contribution in [0.15, 0.2) is 48.5 Å². The number of carbonyl (C=O) groups excluding carboxylic acids is 4. The lowest BCUT2D eigenvalue weighted by Gasteiger charge is -2.32. The predicted octanol–water partition coefficient (Wildman–Crippen LogP) is 2.54. The highest BCUT2D eigenvalue weighted by atomic mass is 16.2. The molecule has 0 aromatic heterocycles. The highest BCUT2D eigenvalue weighted by Crippen LogP contribution is 2.33. The molecule has 8 heteroatoms. The molecule has 34 heavy (non-hydrogen) atoms. The molecule has 3 aliphatic rings. The van der Waals surface area contributed by atoms with E-state index in [1.54, 1.807) is 4.90 Å². The third-order valence-electron chi connectivity index (χ3n) is 7.09. The number of likely N-dealkylation sites (tertiary alicyclic amines) is 1. The van der Waals surface area contributed by atoms with Gasteiger partial charge in [-0.2, -0.15) is 0 Å². The topological polar surface area (TPSA) is 98.8 Å². The van der Waals surface area contributed by atoms with Crippen LogP contribution in [-0.2, 0) is 22.7 Å². The van der Waals surface area contributed by atoms with Gasteiger partial charge in [-0.3, -0.25) is 19.7 Å². The first-order valence-corrected chi connectivity index (χ1v) is 11.8. The predicted molar refractivity (Wildman–Crippen MR) is 125 cm³/mol. The highest BCUT2D eigenvalue weighted by Gasteiger charge is 2.39. The fourth-order valence-corrected chi connectivity index (χ4v) is 5.15. The monoisotopic (exact) mass is 460 g/mol. The molecular formula is C26H28N4O4. The summed E-state index contributed by atoms with van der Waals surface area (Å²) in [5.74, 6) is -0.507. The summed E-state index contributed by atoms with van der Waals surface area (Å²) in [4.78, 5) is 52.6. The van der Waals surface area contributed by atoms with Gasteiger partial charge in [-0.15, -0.1) is 0 Å². The van der Waals surface area contributed by atoms with Crippen LogP contribution in [0.2, 0.25) is 0 Å². The molecule has 5 rings (SSSR count). The standard InChI is InChI=1S/C26H28N4O4/c31-23-9-8-22(24(32)28-23)30-16-20-14-19(6-7-21(20)25(30)33)18-10-12-29(13-11-18)26(34)27-15-17-4-2-1-3-5-17/h1-7,14,18,22H,8-13,15-16H2,(H,27,34)(H,28,31,32). The summed E-state index contributed by atoms with van der Waals surface area (Å²) >= 11 is 0. The first-order valence-electron chi connectivity index (χ1n) is 11.8. The van der Waals surface area contributed by atoms with E-state index in [2.05, 4.69) is 16.7 Å². The molecule has 2 aromatic rings. The Hall–Kier alpha value is -3.68. The molecular weight excluding hydrogens is 432 g/mol. The van der Waals surface area contributed by atoms with Gasteiger partial charge in [-0.1, -0.05) is 42.5 Å². The Labute approximate surface area is 198 Å². The zero-order chi connectivity index (χ0) is 23.7. The highest BCUT2D eigenvalue weighted by molar-refractivity contribution is 6.05.